The maximum absolute atomic E-state index is 14.6. The van der Waals surface area contributed by atoms with Crippen LogP contribution in [-0.2, 0) is 19.6 Å². The summed E-state index contributed by atoms with van der Waals surface area (Å²) in [4.78, 5) is 0. The van der Waals surface area contributed by atoms with E-state index in [9.17, 15) is 26.3 Å². The Morgan fingerprint density at radius 3 is 1.57 bits per heavy atom. The van der Waals surface area contributed by atoms with Crippen molar-refractivity contribution in [1.82, 2.24) is 0 Å². The molecule has 0 aliphatic rings. The summed E-state index contributed by atoms with van der Waals surface area (Å²) in [5, 5.41) is 0. The van der Waals surface area contributed by atoms with Crippen LogP contribution in [0.2, 0.25) is 0 Å². The molecule has 0 amide bonds. The molecule has 2 atom stereocenters. The molecule has 0 saturated heterocycles. The van der Waals surface area contributed by atoms with Gasteiger partial charge in [0.25, 0.3) is 0 Å². The second-order valence-electron chi connectivity index (χ2n) is 11.3. The lowest BCUT2D eigenvalue weighted by Gasteiger charge is -2.38. The predicted octanol–water partition coefficient (Wildman–Crippen LogP) is 9.53. The van der Waals surface area contributed by atoms with Gasteiger partial charge >= 0.3 is 12.4 Å². The molecule has 0 aliphatic heterocycles. The SMILES string of the molecule is C=CC(OCCOC(C)Oc1ccc(C(c2ccc(OC(C)(CC)CC)cc2)(C(F)(F)F)C(F)(F)F)cc1)OC(C)(C)CC. The second kappa shape index (κ2) is 15.0. The zero-order chi connectivity index (χ0) is 33.4. The van der Waals surface area contributed by atoms with E-state index in [-0.39, 0.29) is 24.7 Å². The van der Waals surface area contributed by atoms with Crippen molar-refractivity contribution >= 4 is 0 Å². The molecule has 0 radical (unpaired) electrons. The van der Waals surface area contributed by atoms with Gasteiger partial charge < -0.3 is 23.7 Å². The van der Waals surface area contributed by atoms with Gasteiger partial charge in [0.05, 0.1) is 18.8 Å². The molecule has 0 spiro atoms. The van der Waals surface area contributed by atoms with E-state index >= 15 is 0 Å². The van der Waals surface area contributed by atoms with Crippen LogP contribution < -0.4 is 9.47 Å². The molecule has 2 aromatic rings. The normalized spacial score (nSPS) is 14.7. The fourth-order valence-electron chi connectivity index (χ4n) is 4.37. The fourth-order valence-corrected chi connectivity index (χ4v) is 4.37. The third-order valence-electron chi connectivity index (χ3n) is 7.78. The van der Waals surface area contributed by atoms with E-state index in [1.54, 1.807) is 0 Å². The predicted molar refractivity (Wildman–Crippen MR) is 157 cm³/mol. The maximum Gasteiger partial charge on any atom is 0.411 e. The molecule has 2 rings (SSSR count). The van der Waals surface area contributed by atoms with Crippen molar-refractivity contribution in [2.75, 3.05) is 13.2 Å². The number of halogens is 6. The first kappa shape index (κ1) is 37.4. The van der Waals surface area contributed by atoms with Crippen LogP contribution in [0, 0.1) is 0 Å². The third kappa shape index (κ3) is 9.14. The van der Waals surface area contributed by atoms with Crippen molar-refractivity contribution in [3.63, 3.8) is 0 Å². The summed E-state index contributed by atoms with van der Waals surface area (Å²) in [5.74, 6) is 0.207. The molecular formula is C33H44F6O5. The van der Waals surface area contributed by atoms with Crippen molar-refractivity contribution in [2.45, 2.75) is 109 Å². The first-order valence-corrected chi connectivity index (χ1v) is 14.6. The minimum atomic E-state index is -5.72. The summed E-state index contributed by atoms with van der Waals surface area (Å²) in [7, 11) is 0. The Kier molecular flexibility index (Phi) is 12.8. The van der Waals surface area contributed by atoms with Crippen LogP contribution in [0.3, 0.4) is 0 Å². The minimum absolute atomic E-state index is 0.0274. The Morgan fingerprint density at radius 1 is 0.705 bits per heavy atom. The van der Waals surface area contributed by atoms with Crippen LogP contribution in [0.15, 0.2) is 61.2 Å². The van der Waals surface area contributed by atoms with Crippen LogP contribution in [0.25, 0.3) is 0 Å². The van der Waals surface area contributed by atoms with Crippen LogP contribution in [0.5, 0.6) is 11.5 Å². The number of hydrogen-bond donors (Lipinski definition) is 0. The molecule has 0 fully saturated rings. The molecule has 0 N–H and O–H groups in total. The van der Waals surface area contributed by atoms with E-state index in [1.807, 2.05) is 41.5 Å². The lowest BCUT2D eigenvalue weighted by Crippen LogP contribution is -2.54. The highest BCUT2D eigenvalue weighted by Gasteiger charge is 2.72. The van der Waals surface area contributed by atoms with Crippen molar-refractivity contribution in [3.8, 4) is 11.5 Å². The molecular weight excluding hydrogens is 590 g/mol. The van der Waals surface area contributed by atoms with Gasteiger partial charge in [0.15, 0.2) is 12.6 Å². The third-order valence-corrected chi connectivity index (χ3v) is 7.78. The Morgan fingerprint density at radius 2 is 1.16 bits per heavy atom. The largest absolute Gasteiger partial charge is 0.488 e. The first-order valence-electron chi connectivity index (χ1n) is 14.6. The Balaban J connectivity index is 2.22. The molecule has 11 heteroatoms. The van der Waals surface area contributed by atoms with Crippen molar-refractivity contribution in [1.29, 1.82) is 0 Å². The van der Waals surface area contributed by atoms with Crippen LogP contribution in [-0.4, -0.2) is 49.3 Å². The number of ether oxygens (including phenoxy) is 5. The molecule has 0 heterocycles. The standard InChI is InChI=1S/C33H44F6O5/c1-9-28(44-29(6,7)10-2)41-22-21-40-23(5)42-26-17-13-24(14-18-26)31(32(34,35)36,33(37,38)39)25-15-19-27(20-16-25)43-30(8,11-3)12-4/h9,13-20,23,28H,1,10-12,21-22H2,2-8H3. The topological polar surface area (TPSA) is 46.2 Å². The molecule has 2 unspecified atom stereocenters. The van der Waals surface area contributed by atoms with Crippen molar-refractivity contribution in [2.24, 2.45) is 0 Å². The summed E-state index contributed by atoms with van der Waals surface area (Å²) in [6.07, 6.45) is -9.48. The smallest absolute Gasteiger partial charge is 0.411 e. The summed E-state index contributed by atoms with van der Waals surface area (Å²) in [6.45, 7) is 16.8. The van der Waals surface area contributed by atoms with Gasteiger partial charge in [-0.15, -0.1) is 0 Å². The van der Waals surface area contributed by atoms with Crippen LogP contribution in [0.1, 0.15) is 78.9 Å². The van der Waals surface area contributed by atoms with Crippen LogP contribution >= 0.6 is 0 Å². The van der Waals surface area contributed by atoms with E-state index in [1.165, 1.54) is 13.0 Å². The number of rotatable bonds is 17. The fraction of sp³-hybridized carbons (Fsp3) is 0.576. The van der Waals surface area contributed by atoms with Gasteiger partial charge in [0.1, 0.15) is 17.1 Å². The second-order valence-corrected chi connectivity index (χ2v) is 11.3. The molecule has 248 valence electrons. The van der Waals surface area contributed by atoms with Gasteiger partial charge in [0.2, 0.25) is 5.41 Å². The van der Waals surface area contributed by atoms with Gasteiger partial charge in [-0.25, -0.2) is 0 Å². The zero-order valence-electron chi connectivity index (χ0n) is 26.4. The Labute approximate surface area is 256 Å². The van der Waals surface area contributed by atoms with Crippen molar-refractivity contribution < 1.29 is 50.0 Å². The number of alkyl halides is 6. The van der Waals surface area contributed by atoms with E-state index in [0.29, 0.717) is 12.8 Å². The van der Waals surface area contributed by atoms with Gasteiger partial charge in [-0.2, -0.15) is 26.3 Å². The highest BCUT2D eigenvalue weighted by Crippen LogP contribution is 2.56. The molecule has 44 heavy (non-hydrogen) atoms. The minimum Gasteiger partial charge on any atom is -0.488 e. The van der Waals surface area contributed by atoms with E-state index < -0.39 is 52.7 Å². The first-order chi connectivity index (χ1) is 20.4. The van der Waals surface area contributed by atoms with E-state index in [0.717, 1.165) is 55.0 Å². The Bertz CT molecular complexity index is 1140. The number of benzene rings is 2. The lowest BCUT2D eigenvalue weighted by atomic mass is 9.73. The summed E-state index contributed by atoms with van der Waals surface area (Å²) < 4.78 is 116. The van der Waals surface area contributed by atoms with Gasteiger partial charge in [-0.1, -0.05) is 51.6 Å². The van der Waals surface area contributed by atoms with Crippen molar-refractivity contribution in [3.05, 3.63) is 72.3 Å². The molecule has 0 saturated carbocycles. The summed E-state index contributed by atoms with van der Waals surface area (Å²) >= 11 is 0. The summed E-state index contributed by atoms with van der Waals surface area (Å²) in [6, 6.07) is 7.55. The molecule has 5 nitrogen and oxygen atoms in total. The monoisotopic (exact) mass is 634 g/mol. The van der Waals surface area contributed by atoms with E-state index in [2.05, 4.69) is 6.58 Å². The lowest BCUT2D eigenvalue weighted by molar-refractivity contribution is -0.288. The van der Waals surface area contributed by atoms with Crippen LogP contribution in [0.4, 0.5) is 26.3 Å². The maximum atomic E-state index is 14.6. The molecule has 0 aromatic heterocycles. The van der Waals surface area contributed by atoms with Gasteiger partial charge in [0, 0.05) is 0 Å². The summed E-state index contributed by atoms with van der Waals surface area (Å²) in [5.41, 5.74) is -7.29. The zero-order valence-corrected chi connectivity index (χ0v) is 26.4. The van der Waals surface area contributed by atoms with Gasteiger partial charge in [-0.05, 0) is 88.4 Å². The highest BCUT2D eigenvalue weighted by atomic mass is 19.4. The average Bonchev–Trinajstić information content (AvgIpc) is 2.95. The van der Waals surface area contributed by atoms with Gasteiger partial charge in [-0.3, -0.25) is 0 Å². The average molecular weight is 635 g/mol. The Hall–Kier alpha value is -2.76. The molecule has 2 aromatic carbocycles. The number of hydrogen-bond acceptors (Lipinski definition) is 5. The molecule has 0 bridgehead atoms. The quantitative estimate of drug-likeness (QED) is 0.0751. The highest BCUT2D eigenvalue weighted by molar-refractivity contribution is 5.47. The van der Waals surface area contributed by atoms with E-state index in [4.69, 9.17) is 23.7 Å². The molecule has 0 aliphatic carbocycles.